The normalized spacial score (nSPS) is 13.3. The molecule has 0 fully saturated rings. The highest BCUT2D eigenvalue weighted by Crippen LogP contribution is 2.14. The fourth-order valence-corrected chi connectivity index (χ4v) is 2.82. The lowest BCUT2D eigenvalue weighted by Crippen LogP contribution is -2.27. The molecule has 0 saturated heterocycles. The molecule has 1 aromatic carbocycles. The average Bonchev–Trinajstić information content (AvgIpc) is 2.43. The van der Waals surface area contributed by atoms with E-state index in [9.17, 15) is 23.1 Å². The van der Waals surface area contributed by atoms with Crippen LogP contribution in [0.15, 0.2) is 29.2 Å². The Morgan fingerprint density at radius 3 is 2.24 bits per heavy atom. The van der Waals surface area contributed by atoms with Crippen LogP contribution in [0.4, 0.5) is 0 Å². The van der Waals surface area contributed by atoms with Crippen molar-refractivity contribution < 1.29 is 32.0 Å². The Kier molecular flexibility index (Phi) is 7.28. The molecule has 25 heavy (non-hydrogen) atoms. The maximum atomic E-state index is 12.0. The minimum atomic E-state index is -4.02. The number of rotatable bonds is 8. The van der Waals surface area contributed by atoms with Crippen molar-refractivity contribution in [2.24, 2.45) is 0 Å². The van der Waals surface area contributed by atoms with Crippen molar-refractivity contribution in [1.29, 1.82) is 0 Å². The zero-order valence-corrected chi connectivity index (χ0v) is 15.6. The number of carbonyl (C=O) groups is 2. The van der Waals surface area contributed by atoms with E-state index in [0.717, 1.165) is 5.56 Å². The summed E-state index contributed by atoms with van der Waals surface area (Å²) in [5.41, 5.74) is 0.188. The molecular formula is C17H24O7S. The SMILES string of the molecule is Cc1ccc(S(=O)(=O)OC[C@@H](O)CC(=O)CC(=O)OC(C)(C)C)cc1. The summed E-state index contributed by atoms with van der Waals surface area (Å²) in [5.74, 6) is -1.25. The molecule has 0 heterocycles. The highest BCUT2D eigenvalue weighted by atomic mass is 32.2. The van der Waals surface area contributed by atoms with E-state index >= 15 is 0 Å². The van der Waals surface area contributed by atoms with Crippen LogP contribution in [0.2, 0.25) is 0 Å². The molecule has 0 amide bonds. The second kappa shape index (κ2) is 8.55. The summed E-state index contributed by atoms with van der Waals surface area (Å²) in [6, 6.07) is 6.03. The first-order valence-electron chi connectivity index (χ1n) is 7.77. The average molecular weight is 372 g/mol. The summed E-state index contributed by atoms with van der Waals surface area (Å²) >= 11 is 0. The van der Waals surface area contributed by atoms with Gasteiger partial charge in [-0.1, -0.05) is 17.7 Å². The van der Waals surface area contributed by atoms with Gasteiger partial charge in [-0.25, -0.2) is 0 Å². The maximum Gasteiger partial charge on any atom is 0.313 e. The van der Waals surface area contributed by atoms with Crippen molar-refractivity contribution in [3.63, 3.8) is 0 Å². The molecule has 0 aliphatic rings. The van der Waals surface area contributed by atoms with Gasteiger partial charge in [-0.3, -0.25) is 13.8 Å². The summed E-state index contributed by atoms with van der Waals surface area (Å²) in [4.78, 5) is 23.2. The van der Waals surface area contributed by atoms with Crippen LogP contribution in [0.1, 0.15) is 39.2 Å². The van der Waals surface area contributed by atoms with Crippen molar-refractivity contribution in [2.75, 3.05) is 6.61 Å². The Balaban J connectivity index is 2.48. The molecule has 8 heteroatoms. The molecule has 1 aromatic rings. The van der Waals surface area contributed by atoms with Crippen LogP contribution >= 0.6 is 0 Å². The number of esters is 1. The summed E-state index contributed by atoms with van der Waals surface area (Å²) in [5, 5.41) is 9.76. The van der Waals surface area contributed by atoms with Crippen LogP contribution in [0.5, 0.6) is 0 Å². The van der Waals surface area contributed by atoms with Crippen LogP contribution < -0.4 is 0 Å². The lowest BCUT2D eigenvalue weighted by Gasteiger charge is -2.19. The molecule has 1 atom stereocenters. The summed E-state index contributed by atoms with van der Waals surface area (Å²) in [7, 11) is -4.02. The molecule has 1 rings (SSSR count). The molecule has 0 aliphatic carbocycles. The Morgan fingerprint density at radius 2 is 1.72 bits per heavy atom. The van der Waals surface area contributed by atoms with Crippen LogP contribution in [0, 0.1) is 6.92 Å². The van der Waals surface area contributed by atoms with Gasteiger partial charge in [0, 0.05) is 6.42 Å². The predicted octanol–water partition coefficient (Wildman–Crippen LogP) is 1.75. The Hall–Kier alpha value is -1.77. The molecule has 1 N–H and O–H groups in total. The van der Waals surface area contributed by atoms with Gasteiger partial charge >= 0.3 is 5.97 Å². The van der Waals surface area contributed by atoms with Gasteiger partial charge in [-0.05, 0) is 39.8 Å². The highest BCUT2D eigenvalue weighted by molar-refractivity contribution is 7.86. The van der Waals surface area contributed by atoms with Gasteiger partial charge in [0.25, 0.3) is 10.1 Å². The van der Waals surface area contributed by atoms with E-state index in [1.165, 1.54) is 12.1 Å². The monoisotopic (exact) mass is 372 g/mol. The number of hydrogen-bond donors (Lipinski definition) is 1. The predicted molar refractivity (Wildman–Crippen MR) is 90.4 cm³/mol. The smallest absolute Gasteiger partial charge is 0.313 e. The number of carbonyl (C=O) groups excluding carboxylic acids is 2. The number of aliphatic hydroxyl groups is 1. The first-order valence-corrected chi connectivity index (χ1v) is 9.17. The number of ketones is 1. The van der Waals surface area contributed by atoms with Crippen molar-refractivity contribution in [2.45, 2.75) is 57.1 Å². The molecule has 0 unspecified atom stereocenters. The van der Waals surface area contributed by atoms with Crippen molar-refractivity contribution in [3.8, 4) is 0 Å². The molecule has 0 saturated carbocycles. The van der Waals surface area contributed by atoms with Gasteiger partial charge < -0.3 is 9.84 Å². The number of aryl methyl sites for hydroxylation is 1. The molecule has 0 aliphatic heterocycles. The molecule has 140 valence electrons. The zero-order chi connectivity index (χ0) is 19.3. The Labute approximate surface area is 148 Å². The van der Waals surface area contributed by atoms with E-state index in [1.54, 1.807) is 32.9 Å². The van der Waals surface area contributed by atoms with Crippen molar-refractivity contribution in [1.82, 2.24) is 0 Å². The van der Waals surface area contributed by atoms with Crippen molar-refractivity contribution >= 4 is 21.9 Å². The molecule has 0 bridgehead atoms. The quantitative estimate of drug-likeness (QED) is 0.421. The minimum Gasteiger partial charge on any atom is -0.460 e. The maximum absolute atomic E-state index is 12.0. The van der Waals surface area contributed by atoms with Gasteiger partial charge in [0.1, 0.15) is 17.8 Å². The molecule has 0 spiro atoms. The highest BCUT2D eigenvalue weighted by Gasteiger charge is 2.22. The lowest BCUT2D eigenvalue weighted by molar-refractivity contribution is -0.156. The number of benzene rings is 1. The third kappa shape index (κ3) is 8.24. The first kappa shape index (κ1) is 21.3. The molecule has 0 aromatic heterocycles. The fourth-order valence-electron chi connectivity index (χ4n) is 1.87. The minimum absolute atomic E-state index is 0.0367. The van der Waals surface area contributed by atoms with E-state index in [1.807, 2.05) is 6.92 Å². The van der Waals surface area contributed by atoms with Crippen LogP contribution in [-0.4, -0.2) is 43.6 Å². The van der Waals surface area contributed by atoms with Crippen LogP contribution in [0.3, 0.4) is 0 Å². The zero-order valence-electron chi connectivity index (χ0n) is 14.8. The van der Waals surface area contributed by atoms with E-state index in [4.69, 9.17) is 8.92 Å². The number of hydrogen-bond acceptors (Lipinski definition) is 7. The lowest BCUT2D eigenvalue weighted by atomic mass is 10.1. The van der Waals surface area contributed by atoms with E-state index < -0.39 is 53.0 Å². The summed E-state index contributed by atoms with van der Waals surface area (Å²) in [6.45, 7) is 6.27. The number of Topliss-reactive ketones (excluding diaryl/α,β-unsaturated/α-hetero) is 1. The largest absolute Gasteiger partial charge is 0.460 e. The summed E-state index contributed by atoms with van der Waals surface area (Å²) < 4.78 is 33.7. The molecule has 7 nitrogen and oxygen atoms in total. The summed E-state index contributed by atoms with van der Waals surface area (Å²) in [6.07, 6.45) is -2.23. The van der Waals surface area contributed by atoms with Gasteiger partial charge in [-0.2, -0.15) is 8.42 Å². The van der Waals surface area contributed by atoms with E-state index in [0.29, 0.717) is 0 Å². The van der Waals surface area contributed by atoms with Gasteiger partial charge in [-0.15, -0.1) is 0 Å². The number of aliphatic hydroxyl groups excluding tert-OH is 1. The Bertz CT molecular complexity index is 700. The van der Waals surface area contributed by atoms with Crippen LogP contribution in [-0.2, 0) is 28.6 Å². The number of ether oxygens (including phenoxy) is 1. The van der Waals surface area contributed by atoms with Gasteiger partial charge in [0.05, 0.1) is 17.6 Å². The molecule has 0 radical (unpaired) electrons. The van der Waals surface area contributed by atoms with E-state index in [2.05, 4.69) is 0 Å². The van der Waals surface area contributed by atoms with Gasteiger partial charge in [0.15, 0.2) is 0 Å². The van der Waals surface area contributed by atoms with E-state index in [-0.39, 0.29) is 4.90 Å². The third-order valence-electron chi connectivity index (χ3n) is 2.95. The van der Waals surface area contributed by atoms with Crippen molar-refractivity contribution in [3.05, 3.63) is 29.8 Å². The Morgan fingerprint density at radius 1 is 1.16 bits per heavy atom. The first-order chi connectivity index (χ1) is 11.4. The third-order valence-corrected chi connectivity index (χ3v) is 4.25. The second-order valence-corrected chi connectivity index (χ2v) is 8.33. The van der Waals surface area contributed by atoms with Gasteiger partial charge in [0.2, 0.25) is 0 Å². The van der Waals surface area contributed by atoms with Crippen LogP contribution in [0.25, 0.3) is 0 Å². The topological polar surface area (TPSA) is 107 Å². The second-order valence-electron chi connectivity index (χ2n) is 6.71. The fraction of sp³-hybridized carbons (Fsp3) is 0.529. The standard InChI is InChI=1S/C17H24O7S/c1-12-5-7-15(8-6-12)25(21,22)23-11-14(19)9-13(18)10-16(20)24-17(2,3)4/h5-8,14,19H,9-11H2,1-4H3/t14-/m0/s1. The molecular weight excluding hydrogens is 348 g/mol.